The molecule has 5 rings (SSSR count). The lowest BCUT2D eigenvalue weighted by molar-refractivity contribution is -0.142. The summed E-state index contributed by atoms with van der Waals surface area (Å²) < 4.78 is 10.8. The van der Waals surface area contributed by atoms with Crippen LogP contribution >= 0.6 is 0 Å². The van der Waals surface area contributed by atoms with Crippen LogP contribution in [0.25, 0.3) is 0 Å². The smallest absolute Gasteiger partial charge is 0.303 e. The highest BCUT2D eigenvalue weighted by Crippen LogP contribution is 2.52. The summed E-state index contributed by atoms with van der Waals surface area (Å²) >= 11 is 0. The van der Waals surface area contributed by atoms with Gasteiger partial charge in [0.2, 0.25) is 11.8 Å². The van der Waals surface area contributed by atoms with Crippen molar-refractivity contribution in [3.63, 3.8) is 0 Å². The van der Waals surface area contributed by atoms with E-state index in [0.717, 1.165) is 48.9 Å². The van der Waals surface area contributed by atoms with Crippen molar-refractivity contribution in [3.8, 4) is 11.5 Å². The van der Waals surface area contributed by atoms with Crippen LogP contribution in [-0.4, -0.2) is 54.1 Å². The Kier molecular flexibility index (Phi) is 7.09. The molecule has 1 heterocycles. The van der Waals surface area contributed by atoms with E-state index in [1.165, 1.54) is 0 Å². The molecule has 8 heteroatoms. The van der Waals surface area contributed by atoms with Crippen LogP contribution in [0.15, 0.2) is 42.5 Å². The summed E-state index contributed by atoms with van der Waals surface area (Å²) in [5, 5.41) is 9.17. The Hall–Kier alpha value is -3.55. The molecule has 0 bridgehead atoms. The summed E-state index contributed by atoms with van der Waals surface area (Å²) in [4.78, 5) is 42.3. The monoisotopic (exact) mass is 506 g/mol. The predicted octanol–water partition coefficient (Wildman–Crippen LogP) is 4.36. The fourth-order valence-electron chi connectivity index (χ4n) is 6.23. The number of anilines is 1. The summed E-state index contributed by atoms with van der Waals surface area (Å²) in [6, 6.07) is 13.5. The van der Waals surface area contributed by atoms with Crippen LogP contribution < -0.4 is 14.4 Å². The van der Waals surface area contributed by atoms with Gasteiger partial charge in [-0.3, -0.25) is 14.4 Å². The number of carbonyl (C=O) groups is 3. The lowest BCUT2D eigenvalue weighted by atomic mass is 9.81. The van der Waals surface area contributed by atoms with Crippen molar-refractivity contribution in [2.24, 2.45) is 5.92 Å². The minimum Gasteiger partial charge on any atom is -0.493 e. The van der Waals surface area contributed by atoms with E-state index in [2.05, 4.69) is 0 Å². The van der Waals surface area contributed by atoms with Gasteiger partial charge in [-0.2, -0.15) is 0 Å². The highest BCUT2D eigenvalue weighted by atomic mass is 16.5. The van der Waals surface area contributed by atoms with E-state index in [4.69, 9.17) is 14.6 Å². The maximum Gasteiger partial charge on any atom is 0.303 e. The van der Waals surface area contributed by atoms with Crippen LogP contribution in [-0.2, 0) is 20.8 Å². The van der Waals surface area contributed by atoms with Crippen LogP contribution in [0.2, 0.25) is 0 Å². The molecule has 0 saturated heterocycles. The largest absolute Gasteiger partial charge is 0.493 e. The fourth-order valence-corrected chi connectivity index (χ4v) is 6.23. The number of aliphatic carboxylic acids is 1. The van der Waals surface area contributed by atoms with E-state index in [9.17, 15) is 14.4 Å². The SMILES string of the molecule is COc1ccc(CC(=O)N2c3ccccc3[C@H](N(C(=O)CCC(=O)O)C3CC3)[C@H]3CCC[C@H]32)cc1OC. The Labute approximate surface area is 217 Å². The number of carboxylic acids is 1. The molecular weight excluding hydrogens is 472 g/mol. The topological polar surface area (TPSA) is 96.4 Å². The van der Waals surface area contributed by atoms with E-state index in [-0.39, 0.29) is 55.1 Å². The normalized spacial score (nSPS) is 22.1. The van der Waals surface area contributed by atoms with Crippen LogP contribution in [0.1, 0.15) is 62.1 Å². The first-order chi connectivity index (χ1) is 17.9. The molecule has 3 aliphatic rings. The van der Waals surface area contributed by atoms with Crippen LogP contribution in [0.4, 0.5) is 5.69 Å². The van der Waals surface area contributed by atoms with Gasteiger partial charge in [-0.1, -0.05) is 30.7 Å². The van der Waals surface area contributed by atoms with Gasteiger partial charge in [-0.25, -0.2) is 0 Å². The van der Waals surface area contributed by atoms with E-state index in [0.29, 0.717) is 11.5 Å². The molecule has 2 aliphatic carbocycles. The lowest BCUT2D eigenvalue weighted by Gasteiger charge is -2.48. The van der Waals surface area contributed by atoms with E-state index >= 15 is 0 Å². The van der Waals surface area contributed by atoms with Gasteiger partial charge in [0, 0.05) is 30.1 Å². The van der Waals surface area contributed by atoms with Gasteiger partial charge in [0.15, 0.2) is 11.5 Å². The molecule has 2 aromatic carbocycles. The number of ether oxygens (including phenoxy) is 2. The first-order valence-electron chi connectivity index (χ1n) is 13.1. The molecule has 2 saturated carbocycles. The number of hydrogen-bond acceptors (Lipinski definition) is 5. The minimum absolute atomic E-state index is 0.000989. The van der Waals surface area contributed by atoms with Crippen molar-refractivity contribution in [1.29, 1.82) is 0 Å². The molecule has 0 unspecified atom stereocenters. The Balaban J connectivity index is 1.48. The summed E-state index contributed by atoms with van der Waals surface area (Å²) in [5.74, 6) is 0.294. The molecule has 0 aromatic heterocycles. The molecule has 1 N–H and O–H groups in total. The summed E-state index contributed by atoms with van der Waals surface area (Å²) in [7, 11) is 3.16. The number of para-hydroxylation sites is 1. The second kappa shape index (κ2) is 10.4. The van der Waals surface area contributed by atoms with Crippen molar-refractivity contribution in [2.75, 3.05) is 19.1 Å². The Morgan fingerprint density at radius 1 is 0.973 bits per heavy atom. The Morgan fingerprint density at radius 3 is 2.43 bits per heavy atom. The number of fused-ring (bicyclic) bond motifs is 2. The van der Waals surface area contributed by atoms with Crippen LogP contribution in [0.3, 0.4) is 0 Å². The number of methoxy groups -OCH3 is 2. The molecule has 37 heavy (non-hydrogen) atoms. The number of rotatable bonds is 9. The molecule has 2 amide bonds. The van der Waals surface area contributed by atoms with Gasteiger partial charge in [0.25, 0.3) is 0 Å². The van der Waals surface area contributed by atoms with Crippen molar-refractivity contribution < 1.29 is 29.0 Å². The second-order valence-electron chi connectivity index (χ2n) is 10.2. The summed E-state index contributed by atoms with van der Waals surface area (Å²) in [6.07, 6.45) is 4.75. The summed E-state index contributed by atoms with van der Waals surface area (Å²) in [5.41, 5.74) is 2.69. The average Bonchev–Trinajstić information content (AvgIpc) is 3.62. The van der Waals surface area contributed by atoms with E-state index in [1.54, 1.807) is 14.2 Å². The quantitative estimate of drug-likeness (QED) is 0.543. The highest BCUT2D eigenvalue weighted by molar-refractivity contribution is 5.97. The van der Waals surface area contributed by atoms with Crippen molar-refractivity contribution in [1.82, 2.24) is 4.90 Å². The van der Waals surface area contributed by atoms with E-state index < -0.39 is 5.97 Å². The first-order valence-corrected chi connectivity index (χ1v) is 13.1. The third kappa shape index (κ3) is 4.89. The second-order valence-corrected chi connectivity index (χ2v) is 10.2. The maximum absolute atomic E-state index is 13.9. The number of nitrogens with zero attached hydrogens (tertiary/aromatic N) is 2. The van der Waals surface area contributed by atoms with Gasteiger partial charge in [0.05, 0.1) is 33.1 Å². The number of benzene rings is 2. The molecule has 1 aliphatic heterocycles. The standard InChI is InChI=1S/C29H34N2O6/c1-36-24-13-10-18(16-25(24)37-2)17-27(33)31-22-8-4-3-6-20(22)29(21-7-5-9-23(21)31)30(19-11-12-19)26(32)14-15-28(34)35/h3-4,6,8,10,13,16,19,21,23,29H,5,7,9,11-12,14-15,17H2,1-2H3,(H,34,35)/t21-,23+,29-/m0/s1. The lowest BCUT2D eigenvalue weighted by Crippen LogP contribution is -2.53. The minimum atomic E-state index is -0.959. The van der Waals surface area contributed by atoms with Crippen LogP contribution in [0.5, 0.6) is 11.5 Å². The third-order valence-electron chi connectivity index (χ3n) is 7.94. The van der Waals surface area contributed by atoms with Crippen molar-refractivity contribution in [2.45, 2.75) is 69.5 Å². The zero-order valence-corrected chi connectivity index (χ0v) is 21.4. The van der Waals surface area contributed by atoms with Gasteiger partial charge in [-0.15, -0.1) is 0 Å². The fraction of sp³-hybridized carbons (Fsp3) is 0.483. The highest BCUT2D eigenvalue weighted by Gasteiger charge is 2.51. The Morgan fingerprint density at radius 2 is 1.73 bits per heavy atom. The maximum atomic E-state index is 13.9. The Bertz CT molecular complexity index is 1190. The number of carbonyl (C=O) groups excluding carboxylic acids is 2. The molecule has 0 spiro atoms. The molecule has 3 atom stereocenters. The van der Waals surface area contributed by atoms with Gasteiger partial charge in [0.1, 0.15) is 0 Å². The molecule has 196 valence electrons. The molecule has 0 radical (unpaired) electrons. The van der Waals surface area contributed by atoms with E-state index in [1.807, 2.05) is 52.3 Å². The molecule has 2 fully saturated rings. The first kappa shape index (κ1) is 25.1. The number of hydrogen-bond donors (Lipinski definition) is 1. The van der Waals surface area contributed by atoms with Gasteiger partial charge < -0.3 is 24.4 Å². The summed E-state index contributed by atoms with van der Waals surface area (Å²) in [6.45, 7) is 0. The molecule has 2 aromatic rings. The average molecular weight is 507 g/mol. The zero-order chi connectivity index (χ0) is 26.1. The zero-order valence-electron chi connectivity index (χ0n) is 21.4. The van der Waals surface area contributed by atoms with Gasteiger partial charge >= 0.3 is 5.97 Å². The van der Waals surface area contributed by atoms with Gasteiger partial charge in [-0.05, 0) is 55.0 Å². The molecule has 8 nitrogen and oxygen atoms in total. The van der Waals surface area contributed by atoms with Crippen LogP contribution in [0, 0.1) is 5.92 Å². The molecular formula is C29H34N2O6. The number of carboxylic acid groups (broad SMARTS) is 1. The predicted molar refractivity (Wildman–Crippen MR) is 138 cm³/mol. The van der Waals surface area contributed by atoms with Crippen molar-refractivity contribution in [3.05, 3.63) is 53.6 Å². The number of amides is 2. The van der Waals surface area contributed by atoms with Crippen molar-refractivity contribution >= 4 is 23.5 Å². The third-order valence-corrected chi connectivity index (χ3v) is 7.94.